The third kappa shape index (κ3) is 1.79. The predicted molar refractivity (Wildman–Crippen MR) is 61.6 cm³/mol. The minimum absolute atomic E-state index is 0.152. The number of anilines is 1. The summed E-state index contributed by atoms with van der Waals surface area (Å²) in [6.45, 7) is 2.24. The van der Waals surface area contributed by atoms with Gasteiger partial charge in [-0.3, -0.25) is 0 Å². The number of rotatable bonds is 1. The van der Waals surface area contributed by atoms with Crippen LogP contribution in [0.2, 0.25) is 0 Å². The van der Waals surface area contributed by atoms with Crippen LogP contribution in [-0.4, -0.2) is 17.3 Å². The van der Waals surface area contributed by atoms with E-state index >= 15 is 0 Å². The molecule has 0 spiro atoms. The number of hydrogen-bond donors (Lipinski definition) is 2. The SMILES string of the molecule is CC1(CO)CCc2cc(Br)ccc2N1. The standard InChI is InChI=1S/C11H14BrNO/c1-11(7-14)5-4-8-6-9(12)2-3-10(8)13-11/h2-3,6,13-14H,4-5,7H2,1H3. The topological polar surface area (TPSA) is 32.3 Å². The molecule has 1 unspecified atom stereocenters. The van der Waals surface area contributed by atoms with Crippen LogP contribution in [0.5, 0.6) is 0 Å². The van der Waals surface area contributed by atoms with Gasteiger partial charge in [0.05, 0.1) is 12.1 Å². The summed E-state index contributed by atoms with van der Waals surface area (Å²) in [6, 6.07) is 6.22. The second-order valence-corrected chi connectivity index (χ2v) is 5.06. The van der Waals surface area contributed by atoms with Gasteiger partial charge in [-0.15, -0.1) is 0 Å². The lowest BCUT2D eigenvalue weighted by molar-refractivity contribution is 0.212. The molecule has 2 nitrogen and oxygen atoms in total. The van der Waals surface area contributed by atoms with E-state index in [4.69, 9.17) is 0 Å². The molecular weight excluding hydrogens is 242 g/mol. The van der Waals surface area contributed by atoms with Gasteiger partial charge in [-0.1, -0.05) is 15.9 Å². The van der Waals surface area contributed by atoms with Gasteiger partial charge in [0, 0.05) is 10.2 Å². The first-order chi connectivity index (χ1) is 6.63. The fourth-order valence-corrected chi connectivity index (χ4v) is 2.22. The highest BCUT2D eigenvalue weighted by molar-refractivity contribution is 9.10. The maximum absolute atomic E-state index is 9.26. The number of hydrogen-bond acceptors (Lipinski definition) is 2. The quantitative estimate of drug-likeness (QED) is 0.809. The number of halogens is 1. The van der Waals surface area contributed by atoms with Crippen molar-refractivity contribution < 1.29 is 5.11 Å². The average Bonchev–Trinajstić information content (AvgIpc) is 2.19. The van der Waals surface area contributed by atoms with Crippen molar-refractivity contribution in [3.63, 3.8) is 0 Å². The highest BCUT2D eigenvalue weighted by atomic mass is 79.9. The van der Waals surface area contributed by atoms with Gasteiger partial charge in [-0.2, -0.15) is 0 Å². The maximum atomic E-state index is 9.26. The fraction of sp³-hybridized carbons (Fsp3) is 0.455. The van der Waals surface area contributed by atoms with Crippen molar-refractivity contribution in [2.45, 2.75) is 25.3 Å². The zero-order valence-corrected chi connectivity index (χ0v) is 9.76. The van der Waals surface area contributed by atoms with E-state index in [9.17, 15) is 5.11 Å². The highest BCUT2D eigenvalue weighted by Crippen LogP contribution is 2.32. The van der Waals surface area contributed by atoms with E-state index in [1.807, 2.05) is 6.07 Å². The van der Waals surface area contributed by atoms with Crippen LogP contribution in [0.3, 0.4) is 0 Å². The van der Waals surface area contributed by atoms with E-state index in [1.165, 1.54) is 5.56 Å². The van der Waals surface area contributed by atoms with Crippen molar-refractivity contribution in [2.24, 2.45) is 0 Å². The molecule has 1 aliphatic rings. The summed E-state index contributed by atoms with van der Waals surface area (Å²) in [6.07, 6.45) is 2.01. The molecular formula is C11H14BrNO. The van der Waals surface area contributed by atoms with Crippen LogP contribution in [0, 0.1) is 0 Å². The van der Waals surface area contributed by atoms with Crippen LogP contribution in [0.1, 0.15) is 18.9 Å². The Bertz CT molecular complexity index is 353. The Labute approximate surface area is 92.5 Å². The van der Waals surface area contributed by atoms with Crippen LogP contribution in [0.25, 0.3) is 0 Å². The molecule has 2 rings (SSSR count). The Morgan fingerprint density at radius 1 is 1.57 bits per heavy atom. The van der Waals surface area contributed by atoms with Gasteiger partial charge in [0.1, 0.15) is 0 Å². The molecule has 0 aromatic heterocycles. The van der Waals surface area contributed by atoms with Gasteiger partial charge in [-0.25, -0.2) is 0 Å². The molecule has 0 aliphatic carbocycles. The molecule has 1 aromatic rings. The van der Waals surface area contributed by atoms with Gasteiger partial charge >= 0.3 is 0 Å². The molecule has 0 saturated carbocycles. The summed E-state index contributed by atoms with van der Waals surface area (Å²) in [7, 11) is 0. The molecule has 1 aromatic carbocycles. The average molecular weight is 256 g/mol. The third-order valence-electron chi connectivity index (χ3n) is 2.80. The van der Waals surface area contributed by atoms with Crippen molar-refractivity contribution in [2.75, 3.05) is 11.9 Å². The maximum Gasteiger partial charge on any atom is 0.0658 e. The molecule has 0 radical (unpaired) electrons. The van der Waals surface area contributed by atoms with E-state index in [0.717, 1.165) is 23.0 Å². The Morgan fingerprint density at radius 2 is 2.36 bits per heavy atom. The summed E-state index contributed by atoms with van der Waals surface area (Å²) in [4.78, 5) is 0. The zero-order valence-electron chi connectivity index (χ0n) is 8.18. The molecule has 2 N–H and O–H groups in total. The van der Waals surface area contributed by atoms with Gasteiger partial charge < -0.3 is 10.4 Å². The fourth-order valence-electron chi connectivity index (χ4n) is 1.81. The zero-order chi connectivity index (χ0) is 10.2. The van der Waals surface area contributed by atoms with Crippen LogP contribution in [0.15, 0.2) is 22.7 Å². The third-order valence-corrected chi connectivity index (χ3v) is 3.29. The molecule has 76 valence electrons. The number of nitrogens with one attached hydrogen (secondary N) is 1. The predicted octanol–water partition coefficient (Wildman–Crippen LogP) is 2.56. The lowest BCUT2D eigenvalue weighted by Crippen LogP contribution is -2.42. The summed E-state index contributed by atoms with van der Waals surface area (Å²) in [5.41, 5.74) is 2.32. The molecule has 0 bridgehead atoms. The second-order valence-electron chi connectivity index (χ2n) is 4.15. The first-order valence-corrected chi connectivity index (χ1v) is 5.60. The molecule has 1 atom stereocenters. The van der Waals surface area contributed by atoms with Crippen molar-refractivity contribution in [1.29, 1.82) is 0 Å². The number of aryl methyl sites for hydroxylation is 1. The number of benzene rings is 1. The van der Waals surface area contributed by atoms with Gasteiger partial charge in [0.25, 0.3) is 0 Å². The summed E-state index contributed by atoms with van der Waals surface area (Å²) >= 11 is 3.46. The number of aliphatic hydroxyl groups is 1. The minimum atomic E-state index is -0.152. The molecule has 0 amide bonds. The molecule has 3 heteroatoms. The van der Waals surface area contributed by atoms with Crippen molar-refractivity contribution in [3.05, 3.63) is 28.2 Å². The Morgan fingerprint density at radius 3 is 3.07 bits per heavy atom. The number of fused-ring (bicyclic) bond motifs is 1. The van der Waals surface area contributed by atoms with Crippen LogP contribution in [0.4, 0.5) is 5.69 Å². The second kappa shape index (κ2) is 3.55. The van der Waals surface area contributed by atoms with Crippen molar-refractivity contribution >= 4 is 21.6 Å². The van der Waals surface area contributed by atoms with Crippen LogP contribution >= 0.6 is 15.9 Å². The highest BCUT2D eigenvalue weighted by Gasteiger charge is 2.27. The lowest BCUT2D eigenvalue weighted by atomic mass is 9.88. The molecule has 0 saturated heterocycles. The number of aliphatic hydroxyl groups excluding tert-OH is 1. The van der Waals surface area contributed by atoms with E-state index in [0.29, 0.717) is 0 Å². The molecule has 1 aliphatic heterocycles. The summed E-state index contributed by atoms with van der Waals surface area (Å²) in [5.74, 6) is 0. The summed E-state index contributed by atoms with van der Waals surface area (Å²) in [5, 5.41) is 12.6. The normalized spacial score (nSPS) is 25.4. The van der Waals surface area contributed by atoms with Crippen molar-refractivity contribution in [3.8, 4) is 0 Å². The Balaban J connectivity index is 2.31. The molecule has 1 heterocycles. The first-order valence-electron chi connectivity index (χ1n) is 4.80. The van der Waals surface area contributed by atoms with Gasteiger partial charge in [0.2, 0.25) is 0 Å². The Kier molecular flexibility index (Phi) is 2.54. The molecule has 0 fully saturated rings. The van der Waals surface area contributed by atoms with Crippen LogP contribution < -0.4 is 5.32 Å². The van der Waals surface area contributed by atoms with Gasteiger partial charge in [0.15, 0.2) is 0 Å². The largest absolute Gasteiger partial charge is 0.394 e. The van der Waals surface area contributed by atoms with Crippen molar-refractivity contribution in [1.82, 2.24) is 0 Å². The monoisotopic (exact) mass is 255 g/mol. The molecule has 14 heavy (non-hydrogen) atoms. The van der Waals surface area contributed by atoms with Gasteiger partial charge in [-0.05, 0) is 43.5 Å². The van der Waals surface area contributed by atoms with Crippen LogP contribution in [-0.2, 0) is 6.42 Å². The summed E-state index contributed by atoms with van der Waals surface area (Å²) < 4.78 is 1.12. The van der Waals surface area contributed by atoms with E-state index in [2.05, 4.69) is 40.3 Å². The van der Waals surface area contributed by atoms with E-state index in [1.54, 1.807) is 0 Å². The first kappa shape index (κ1) is 9.99. The smallest absolute Gasteiger partial charge is 0.0658 e. The lowest BCUT2D eigenvalue weighted by Gasteiger charge is -2.35. The minimum Gasteiger partial charge on any atom is -0.394 e. The van der Waals surface area contributed by atoms with E-state index in [-0.39, 0.29) is 12.1 Å². The Hall–Kier alpha value is -0.540. The van der Waals surface area contributed by atoms with E-state index < -0.39 is 0 Å².